The van der Waals surface area contributed by atoms with Crippen molar-refractivity contribution in [2.24, 2.45) is 0 Å². The lowest BCUT2D eigenvalue weighted by Gasteiger charge is -2.09. The SMILES string of the molecule is CCCCNS(=O)(=O)c1cccc(NC(=O)/C=C/c2cc(OC)ccc2OC)c1. The van der Waals surface area contributed by atoms with E-state index in [4.69, 9.17) is 9.47 Å². The lowest BCUT2D eigenvalue weighted by atomic mass is 10.1. The second-order valence-corrected chi connectivity index (χ2v) is 7.98. The molecule has 0 aliphatic heterocycles. The zero-order valence-corrected chi connectivity index (χ0v) is 17.6. The summed E-state index contributed by atoms with van der Waals surface area (Å²) in [6.07, 6.45) is 4.60. The average molecular weight is 419 g/mol. The van der Waals surface area contributed by atoms with Crippen LogP contribution in [0, 0.1) is 0 Å². The third-order valence-electron chi connectivity index (χ3n) is 4.09. The number of benzene rings is 2. The highest BCUT2D eigenvalue weighted by atomic mass is 32.2. The smallest absolute Gasteiger partial charge is 0.248 e. The molecular formula is C21H26N2O5S. The maximum absolute atomic E-state index is 12.3. The number of ether oxygens (including phenoxy) is 2. The Balaban J connectivity index is 2.11. The molecule has 2 N–H and O–H groups in total. The third kappa shape index (κ3) is 6.62. The molecule has 7 nitrogen and oxygen atoms in total. The van der Waals surface area contributed by atoms with Crippen molar-refractivity contribution in [2.75, 3.05) is 26.1 Å². The van der Waals surface area contributed by atoms with Gasteiger partial charge in [-0.15, -0.1) is 0 Å². The Bertz CT molecular complexity index is 971. The molecule has 0 aromatic heterocycles. The number of hydrogen-bond donors (Lipinski definition) is 2. The predicted octanol–water partition coefficient (Wildman–Crippen LogP) is 3.43. The first-order valence-corrected chi connectivity index (χ1v) is 10.7. The molecule has 0 aliphatic carbocycles. The molecule has 2 rings (SSSR count). The van der Waals surface area contributed by atoms with E-state index in [0.29, 0.717) is 29.3 Å². The fraction of sp³-hybridized carbons (Fsp3) is 0.286. The molecule has 29 heavy (non-hydrogen) atoms. The summed E-state index contributed by atoms with van der Waals surface area (Å²) in [7, 11) is -0.515. The van der Waals surface area contributed by atoms with Crippen LogP contribution in [-0.4, -0.2) is 35.1 Å². The monoisotopic (exact) mass is 418 g/mol. The van der Waals surface area contributed by atoms with Gasteiger partial charge in [0.2, 0.25) is 15.9 Å². The number of methoxy groups -OCH3 is 2. The number of nitrogens with one attached hydrogen (secondary N) is 2. The van der Waals surface area contributed by atoms with Crippen molar-refractivity contribution < 1.29 is 22.7 Å². The van der Waals surface area contributed by atoms with Crippen LogP contribution in [0.4, 0.5) is 5.69 Å². The van der Waals surface area contributed by atoms with Crippen molar-refractivity contribution in [3.05, 3.63) is 54.1 Å². The quantitative estimate of drug-likeness (QED) is 0.455. The van der Waals surface area contributed by atoms with Gasteiger partial charge in [0.25, 0.3) is 0 Å². The Morgan fingerprint density at radius 2 is 1.90 bits per heavy atom. The zero-order valence-electron chi connectivity index (χ0n) is 16.8. The van der Waals surface area contributed by atoms with Crippen LogP contribution in [0.15, 0.2) is 53.4 Å². The van der Waals surface area contributed by atoms with Gasteiger partial charge in [0.05, 0.1) is 19.1 Å². The molecule has 0 atom stereocenters. The predicted molar refractivity (Wildman–Crippen MR) is 114 cm³/mol. The van der Waals surface area contributed by atoms with Gasteiger partial charge >= 0.3 is 0 Å². The maximum Gasteiger partial charge on any atom is 0.248 e. The molecule has 2 aromatic carbocycles. The summed E-state index contributed by atoms with van der Waals surface area (Å²) in [6.45, 7) is 2.36. The summed E-state index contributed by atoms with van der Waals surface area (Å²) in [5.74, 6) is 0.837. The minimum absolute atomic E-state index is 0.102. The first kappa shape index (κ1) is 22.4. The Morgan fingerprint density at radius 1 is 1.10 bits per heavy atom. The molecule has 0 spiro atoms. The van der Waals surface area contributed by atoms with Crippen molar-refractivity contribution in [1.82, 2.24) is 4.72 Å². The molecule has 0 fully saturated rings. The van der Waals surface area contributed by atoms with Crippen molar-refractivity contribution in [3.63, 3.8) is 0 Å². The molecule has 0 unspecified atom stereocenters. The third-order valence-corrected chi connectivity index (χ3v) is 5.54. The Kier molecular flexibility index (Phi) is 8.23. The number of carbonyl (C=O) groups excluding carboxylic acids is 1. The molecule has 156 valence electrons. The van der Waals surface area contributed by atoms with Crippen LogP contribution < -0.4 is 19.5 Å². The summed E-state index contributed by atoms with van der Waals surface area (Å²) in [5.41, 5.74) is 1.06. The van der Waals surface area contributed by atoms with E-state index < -0.39 is 15.9 Å². The van der Waals surface area contributed by atoms with Gasteiger partial charge in [-0.2, -0.15) is 0 Å². The van der Waals surface area contributed by atoms with Crippen LogP contribution in [0.5, 0.6) is 11.5 Å². The zero-order chi connectivity index (χ0) is 21.3. The second kappa shape index (κ2) is 10.6. The molecule has 0 saturated carbocycles. The molecular weight excluding hydrogens is 392 g/mol. The number of carbonyl (C=O) groups is 1. The van der Waals surface area contributed by atoms with E-state index in [9.17, 15) is 13.2 Å². The van der Waals surface area contributed by atoms with Gasteiger partial charge in [0.1, 0.15) is 11.5 Å². The first-order chi connectivity index (χ1) is 13.9. The van der Waals surface area contributed by atoms with Crippen molar-refractivity contribution in [3.8, 4) is 11.5 Å². The molecule has 2 aromatic rings. The summed E-state index contributed by atoms with van der Waals surface area (Å²) < 4.78 is 37.7. The molecule has 0 bridgehead atoms. The minimum atomic E-state index is -3.61. The lowest BCUT2D eigenvalue weighted by molar-refractivity contribution is -0.111. The molecule has 0 radical (unpaired) electrons. The van der Waals surface area contributed by atoms with E-state index >= 15 is 0 Å². The van der Waals surface area contributed by atoms with Crippen LogP contribution in [0.1, 0.15) is 25.3 Å². The summed E-state index contributed by atoms with van der Waals surface area (Å²) in [6, 6.07) is 11.4. The average Bonchev–Trinajstić information content (AvgIpc) is 2.72. The van der Waals surface area contributed by atoms with Gasteiger partial charge in [-0.05, 0) is 48.9 Å². The van der Waals surface area contributed by atoms with Crippen LogP contribution in [0.2, 0.25) is 0 Å². The van der Waals surface area contributed by atoms with Crippen LogP contribution >= 0.6 is 0 Å². The molecule has 0 aliphatic rings. The minimum Gasteiger partial charge on any atom is -0.497 e. The highest BCUT2D eigenvalue weighted by Gasteiger charge is 2.14. The van der Waals surface area contributed by atoms with E-state index in [1.165, 1.54) is 18.2 Å². The van der Waals surface area contributed by atoms with E-state index in [1.54, 1.807) is 50.6 Å². The summed E-state index contributed by atoms with van der Waals surface area (Å²) in [4.78, 5) is 12.4. The van der Waals surface area contributed by atoms with Crippen molar-refractivity contribution in [2.45, 2.75) is 24.7 Å². The Labute approximate surface area is 171 Å². The number of sulfonamides is 1. The first-order valence-electron chi connectivity index (χ1n) is 9.20. The number of amides is 1. The standard InChI is InChI=1S/C21H26N2O5S/c1-4-5-13-22-29(25,26)19-8-6-7-17(15-19)23-21(24)12-9-16-14-18(27-2)10-11-20(16)28-3/h6-12,14-15,22H,4-5,13H2,1-3H3,(H,23,24)/b12-9+. The van der Waals surface area contributed by atoms with Crippen LogP contribution in [-0.2, 0) is 14.8 Å². The van der Waals surface area contributed by atoms with Gasteiger partial charge in [0, 0.05) is 23.9 Å². The molecule has 8 heteroatoms. The highest BCUT2D eigenvalue weighted by Crippen LogP contribution is 2.25. The highest BCUT2D eigenvalue weighted by molar-refractivity contribution is 7.89. The van der Waals surface area contributed by atoms with E-state index in [0.717, 1.165) is 12.8 Å². The summed E-state index contributed by atoms with van der Waals surface area (Å²) in [5, 5.41) is 2.67. The number of hydrogen-bond acceptors (Lipinski definition) is 5. The normalized spacial score (nSPS) is 11.4. The fourth-order valence-electron chi connectivity index (χ4n) is 2.53. The van der Waals surface area contributed by atoms with Crippen molar-refractivity contribution >= 4 is 27.7 Å². The molecule has 1 amide bonds. The Morgan fingerprint density at radius 3 is 2.59 bits per heavy atom. The van der Waals surface area contributed by atoms with Crippen molar-refractivity contribution in [1.29, 1.82) is 0 Å². The maximum atomic E-state index is 12.3. The van der Waals surface area contributed by atoms with E-state index in [2.05, 4.69) is 10.0 Å². The second-order valence-electron chi connectivity index (χ2n) is 6.21. The Hall–Kier alpha value is -2.84. The van der Waals surface area contributed by atoms with Gasteiger partial charge in [0.15, 0.2) is 0 Å². The fourth-order valence-corrected chi connectivity index (χ4v) is 3.65. The van der Waals surface area contributed by atoms with Gasteiger partial charge in [-0.25, -0.2) is 13.1 Å². The number of rotatable bonds is 10. The number of unbranched alkanes of at least 4 members (excludes halogenated alkanes) is 1. The van der Waals surface area contributed by atoms with Crippen LogP contribution in [0.3, 0.4) is 0 Å². The van der Waals surface area contributed by atoms with Gasteiger partial charge < -0.3 is 14.8 Å². The number of anilines is 1. The van der Waals surface area contributed by atoms with Gasteiger partial charge in [-0.1, -0.05) is 19.4 Å². The topological polar surface area (TPSA) is 93.7 Å². The molecule has 0 heterocycles. The van der Waals surface area contributed by atoms with E-state index in [1.807, 2.05) is 6.92 Å². The summed E-state index contributed by atoms with van der Waals surface area (Å²) >= 11 is 0. The van der Waals surface area contributed by atoms with Crippen LogP contribution in [0.25, 0.3) is 6.08 Å². The van der Waals surface area contributed by atoms with Gasteiger partial charge in [-0.3, -0.25) is 4.79 Å². The molecule has 0 saturated heterocycles. The van der Waals surface area contributed by atoms with E-state index in [-0.39, 0.29) is 4.90 Å². The lowest BCUT2D eigenvalue weighted by Crippen LogP contribution is -2.24. The largest absolute Gasteiger partial charge is 0.497 e.